The first-order valence-corrected chi connectivity index (χ1v) is 7.10. The number of non-ortho nitro benzene ring substituents is 2. The normalized spacial score (nSPS) is 11.7. The topological polar surface area (TPSA) is 124 Å². The average molecular weight is 341 g/mol. The van der Waals surface area contributed by atoms with E-state index in [0.29, 0.717) is 5.56 Å². The minimum absolute atomic E-state index is 0.00472. The number of hydrogen-bond acceptors (Lipinski definition) is 6. The third-order valence-corrected chi connectivity index (χ3v) is 3.94. The van der Waals surface area contributed by atoms with E-state index in [2.05, 4.69) is 0 Å². The predicted octanol–water partition coefficient (Wildman–Crippen LogP) is 2.42. The van der Waals surface area contributed by atoms with E-state index >= 15 is 0 Å². The molecule has 0 spiro atoms. The molecule has 0 radical (unpaired) electrons. The van der Waals surface area contributed by atoms with Crippen LogP contribution in [0.1, 0.15) is 26.3 Å². The Bertz CT molecular complexity index is 980. The maximum absolute atomic E-state index is 12.6. The van der Waals surface area contributed by atoms with Gasteiger partial charge in [-0.05, 0) is 11.6 Å². The highest BCUT2D eigenvalue weighted by Crippen LogP contribution is 2.42. The molecule has 2 aromatic rings. The predicted molar refractivity (Wildman–Crippen MR) is 86.6 cm³/mol. The number of nitro benzene ring substituents is 2. The summed E-state index contributed by atoms with van der Waals surface area (Å²) >= 11 is 0. The van der Waals surface area contributed by atoms with E-state index in [-0.39, 0.29) is 33.6 Å². The van der Waals surface area contributed by atoms with Crippen molar-refractivity contribution in [1.29, 1.82) is 0 Å². The van der Waals surface area contributed by atoms with E-state index in [4.69, 9.17) is 0 Å². The summed E-state index contributed by atoms with van der Waals surface area (Å²) in [7, 11) is 2.97. The number of amides is 1. The van der Waals surface area contributed by atoms with Gasteiger partial charge >= 0.3 is 0 Å². The lowest BCUT2D eigenvalue weighted by atomic mass is 9.97. The van der Waals surface area contributed by atoms with Crippen LogP contribution >= 0.6 is 0 Å². The second kappa shape index (κ2) is 5.48. The molecular weight excluding hydrogens is 330 g/mol. The zero-order chi connectivity index (χ0) is 18.5. The monoisotopic (exact) mass is 341 g/mol. The van der Waals surface area contributed by atoms with Gasteiger partial charge in [0.25, 0.3) is 17.3 Å². The number of fused-ring (bicyclic) bond motifs is 3. The molecule has 0 bridgehead atoms. The largest absolute Gasteiger partial charge is 0.345 e. The molecule has 2 aromatic carbocycles. The van der Waals surface area contributed by atoms with Crippen LogP contribution in [0.3, 0.4) is 0 Å². The van der Waals surface area contributed by atoms with E-state index in [9.17, 15) is 29.8 Å². The van der Waals surface area contributed by atoms with Gasteiger partial charge in [0.2, 0.25) is 0 Å². The Balaban J connectivity index is 2.34. The van der Waals surface area contributed by atoms with Crippen molar-refractivity contribution >= 4 is 23.1 Å². The van der Waals surface area contributed by atoms with Crippen LogP contribution in [0.5, 0.6) is 0 Å². The summed E-state index contributed by atoms with van der Waals surface area (Å²) in [6, 6.07) is 5.94. The first kappa shape index (κ1) is 16.2. The first-order chi connectivity index (χ1) is 11.7. The highest BCUT2D eigenvalue weighted by Gasteiger charge is 2.35. The quantitative estimate of drug-likeness (QED) is 0.532. The Kier molecular flexibility index (Phi) is 3.56. The van der Waals surface area contributed by atoms with Crippen LogP contribution < -0.4 is 0 Å². The number of ketones is 1. The van der Waals surface area contributed by atoms with Crippen LogP contribution in [0.2, 0.25) is 0 Å². The molecule has 1 aliphatic carbocycles. The lowest BCUT2D eigenvalue weighted by Crippen LogP contribution is -2.22. The molecule has 126 valence electrons. The fraction of sp³-hybridized carbons (Fsp3) is 0.125. The smallest absolute Gasteiger partial charge is 0.271 e. The molecule has 1 amide bonds. The summed E-state index contributed by atoms with van der Waals surface area (Å²) in [6.45, 7) is 0. The van der Waals surface area contributed by atoms with Crippen molar-refractivity contribution in [3.8, 4) is 11.1 Å². The Morgan fingerprint density at radius 1 is 0.920 bits per heavy atom. The van der Waals surface area contributed by atoms with Crippen LogP contribution in [-0.4, -0.2) is 40.5 Å². The van der Waals surface area contributed by atoms with Gasteiger partial charge in [-0.3, -0.25) is 29.8 Å². The van der Waals surface area contributed by atoms with Crippen LogP contribution in [0.15, 0.2) is 30.3 Å². The molecule has 0 fully saturated rings. The summed E-state index contributed by atoms with van der Waals surface area (Å²) in [6.07, 6.45) is 0. The number of benzene rings is 2. The van der Waals surface area contributed by atoms with Gasteiger partial charge in [-0.25, -0.2) is 0 Å². The zero-order valence-electron chi connectivity index (χ0n) is 13.2. The van der Waals surface area contributed by atoms with Crippen LogP contribution in [-0.2, 0) is 0 Å². The second-order valence-corrected chi connectivity index (χ2v) is 5.69. The lowest BCUT2D eigenvalue weighted by molar-refractivity contribution is -0.385. The fourth-order valence-electron chi connectivity index (χ4n) is 2.81. The second-order valence-electron chi connectivity index (χ2n) is 5.69. The molecule has 25 heavy (non-hydrogen) atoms. The molecule has 0 heterocycles. The Hall–Kier alpha value is -3.62. The first-order valence-electron chi connectivity index (χ1n) is 7.10. The molecule has 0 N–H and O–H groups in total. The average Bonchev–Trinajstić information content (AvgIpc) is 2.85. The van der Waals surface area contributed by atoms with Gasteiger partial charge in [0.1, 0.15) is 0 Å². The van der Waals surface area contributed by atoms with Gasteiger partial charge in [0.15, 0.2) is 5.78 Å². The molecule has 0 aromatic heterocycles. The van der Waals surface area contributed by atoms with Crippen molar-refractivity contribution in [3.63, 3.8) is 0 Å². The minimum atomic E-state index is -0.689. The number of hydrogen-bond donors (Lipinski definition) is 0. The van der Waals surface area contributed by atoms with Gasteiger partial charge in [-0.2, -0.15) is 0 Å². The molecule has 0 saturated carbocycles. The summed E-state index contributed by atoms with van der Waals surface area (Å²) in [5, 5.41) is 22.1. The Labute approximate surface area is 140 Å². The zero-order valence-corrected chi connectivity index (χ0v) is 13.2. The Morgan fingerprint density at radius 2 is 1.52 bits per heavy atom. The van der Waals surface area contributed by atoms with Crippen molar-refractivity contribution < 1.29 is 19.4 Å². The van der Waals surface area contributed by atoms with E-state index in [0.717, 1.165) is 18.2 Å². The maximum Gasteiger partial charge on any atom is 0.271 e. The highest BCUT2D eigenvalue weighted by molar-refractivity contribution is 6.25. The van der Waals surface area contributed by atoms with E-state index in [1.807, 2.05) is 0 Å². The van der Waals surface area contributed by atoms with E-state index < -0.39 is 21.5 Å². The summed E-state index contributed by atoms with van der Waals surface area (Å²) in [5.74, 6) is -1.08. The number of carbonyl (C=O) groups excluding carboxylic acids is 2. The number of nitro groups is 2. The third kappa shape index (κ3) is 2.42. The van der Waals surface area contributed by atoms with E-state index in [1.54, 1.807) is 0 Å². The molecule has 0 aliphatic heterocycles. The summed E-state index contributed by atoms with van der Waals surface area (Å²) in [5.41, 5.74) is 0.0157. The minimum Gasteiger partial charge on any atom is -0.345 e. The van der Waals surface area contributed by atoms with Gasteiger partial charge in [0.05, 0.1) is 15.4 Å². The van der Waals surface area contributed by atoms with Crippen molar-refractivity contribution in [2.45, 2.75) is 0 Å². The molecular formula is C16H11N3O6. The SMILES string of the molecule is CN(C)C(=O)c1cc([N+](=O)[O-])cc2c1-c1ccc([N+](=O)[O-])cc1C2=O. The van der Waals surface area contributed by atoms with Gasteiger partial charge < -0.3 is 4.90 Å². The van der Waals surface area contributed by atoms with Crippen molar-refractivity contribution in [2.75, 3.05) is 14.1 Å². The van der Waals surface area contributed by atoms with Gasteiger partial charge in [0, 0.05) is 55.1 Å². The number of carbonyl (C=O) groups is 2. The number of rotatable bonds is 3. The highest BCUT2D eigenvalue weighted by atomic mass is 16.6. The molecule has 0 unspecified atom stereocenters. The molecule has 1 aliphatic rings. The maximum atomic E-state index is 12.6. The van der Waals surface area contributed by atoms with Gasteiger partial charge in [-0.1, -0.05) is 0 Å². The summed E-state index contributed by atoms with van der Waals surface area (Å²) < 4.78 is 0. The van der Waals surface area contributed by atoms with Gasteiger partial charge in [-0.15, -0.1) is 0 Å². The third-order valence-electron chi connectivity index (χ3n) is 3.94. The van der Waals surface area contributed by atoms with Crippen molar-refractivity contribution in [1.82, 2.24) is 4.90 Å². The molecule has 0 atom stereocenters. The van der Waals surface area contributed by atoms with Crippen LogP contribution in [0, 0.1) is 20.2 Å². The van der Waals surface area contributed by atoms with Crippen LogP contribution in [0.25, 0.3) is 11.1 Å². The van der Waals surface area contributed by atoms with E-state index in [1.165, 1.54) is 31.1 Å². The number of nitrogens with zero attached hydrogens (tertiary/aromatic N) is 3. The van der Waals surface area contributed by atoms with Crippen molar-refractivity contribution in [2.24, 2.45) is 0 Å². The van der Waals surface area contributed by atoms with Crippen LogP contribution in [0.4, 0.5) is 11.4 Å². The summed E-state index contributed by atoms with van der Waals surface area (Å²) in [4.78, 5) is 47.1. The van der Waals surface area contributed by atoms with Crippen molar-refractivity contribution in [3.05, 3.63) is 67.3 Å². The standard InChI is InChI=1S/C16H11N3O6/c1-17(2)16(21)13-7-9(19(24)25)6-12-14(13)10-4-3-8(18(22)23)5-11(10)15(12)20/h3-7H,1-2H3. The molecule has 9 heteroatoms. The lowest BCUT2D eigenvalue weighted by Gasteiger charge is -2.14. The molecule has 9 nitrogen and oxygen atoms in total. The fourth-order valence-corrected chi connectivity index (χ4v) is 2.81. The molecule has 0 saturated heterocycles. The Morgan fingerprint density at radius 3 is 2.08 bits per heavy atom. The molecule has 3 rings (SSSR count).